The van der Waals surface area contributed by atoms with E-state index >= 15 is 0 Å². The molecular formula is C29H36O7. The SMILES string of the molecule is C=C(C)C(=O)OCC(O)CCC(CO)COc1ccc2cc(-c3ccc(CCCO)cc3C)oc2c1. The van der Waals surface area contributed by atoms with Gasteiger partial charge >= 0.3 is 5.97 Å². The number of rotatable bonds is 14. The summed E-state index contributed by atoms with van der Waals surface area (Å²) < 4.78 is 17.0. The minimum absolute atomic E-state index is 0.0843. The summed E-state index contributed by atoms with van der Waals surface area (Å²) in [5.41, 5.74) is 4.32. The van der Waals surface area contributed by atoms with Crippen molar-refractivity contribution in [3.63, 3.8) is 0 Å². The Labute approximate surface area is 212 Å². The van der Waals surface area contributed by atoms with Gasteiger partial charge in [0.25, 0.3) is 0 Å². The zero-order chi connectivity index (χ0) is 26.1. The molecule has 36 heavy (non-hydrogen) atoms. The lowest BCUT2D eigenvalue weighted by molar-refractivity contribution is -0.142. The first-order valence-corrected chi connectivity index (χ1v) is 12.3. The fourth-order valence-corrected chi connectivity index (χ4v) is 3.92. The molecule has 1 aromatic heterocycles. The van der Waals surface area contributed by atoms with Crippen molar-refractivity contribution in [3.8, 4) is 17.1 Å². The standard InChI is InChI=1S/C29H36O7/c1-19(2)29(33)35-18-24(32)9-6-22(16-31)17-34-25-10-8-23-14-28(36-27(23)15-25)26-11-7-21(5-4-12-30)13-20(26)3/h7-8,10-11,13-15,22,24,30-32H,1,4-6,9,12,16-18H2,2-3H3. The zero-order valence-corrected chi connectivity index (χ0v) is 21.0. The molecule has 0 amide bonds. The highest BCUT2D eigenvalue weighted by atomic mass is 16.5. The quantitative estimate of drug-likeness (QED) is 0.221. The van der Waals surface area contributed by atoms with Gasteiger partial charge in [-0.1, -0.05) is 24.8 Å². The lowest BCUT2D eigenvalue weighted by Crippen LogP contribution is -2.22. The fourth-order valence-electron chi connectivity index (χ4n) is 3.92. The van der Waals surface area contributed by atoms with E-state index in [4.69, 9.17) is 19.0 Å². The second-order valence-electron chi connectivity index (χ2n) is 9.26. The third-order valence-corrected chi connectivity index (χ3v) is 6.08. The van der Waals surface area contributed by atoms with E-state index < -0.39 is 12.1 Å². The van der Waals surface area contributed by atoms with Gasteiger partial charge in [-0.2, -0.15) is 0 Å². The first-order valence-electron chi connectivity index (χ1n) is 12.3. The van der Waals surface area contributed by atoms with Crippen LogP contribution in [0.1, 0.15) is 37.3 Å². The number of carbonyl (C=O) groups is 1. The number of aliphatic hydroxyl groups is 3. The molecule has 2 unspecified atom stereocenters. The molecular weight excluding hydrogens is 460 g/mol. The molecule has 3 aromatic rings. The van der Waals surface area contributed by atoms with Crippen LogP contribution in [0.25, 0.3) is 22.3 Å². The summed E-state index contributed by atoms with van der Waals surface area (Å²) in [7, 11) is 0. The number of hydrogen-bond donors (Lipinski definition) is 3. The number of fused-ring (bicyclic) bond motifs is 1. The van der Waals surface area contributed by atoms with Crippen molar-refractivity contribution in [1.82, 2.24) is 0 Å². The van der Waals surface area contributed by atoms with Gasteiger partial charge in [-0.05, 0) is 68.9 Å². The molecule has 7 nitrogen and oxygen atoms in total. The topological polar surface area (TPSA) is 109 Å². The van der Waals surface area contributed by atoms with Crippen LogP contribution in [0.5, 0.6) is 5.75 Å². The first kappa shape index (κ1) is 27.5. The van der Waals surface area contributed by atoms with Gasteiger partial charge in [0.05, 0.1) is 12.7 Å². The third-order valence-electron chi connectivity index (χ3n) is 6.08. The smallest absolute Gasteiger partial charge is 0.333 e. The maximum Gasteiger partial charge on any atom is 0.333 e. The lowest BCUT2D eigenvalue weighted by Gasteiger charge is -2.17. The van der Waals surface area contributed by atoms with Gasteiger partial charge < -0.3 is 29.2 Å². The Kier molecular flexibility index (Phi) is 10.1. The Balaban J connectivity index is 1.57. The predicted octanol–water partition coefficient (Wildman–Crippen LogP) is 4.58. The Bertz CT molecular complexity index is 1160. The molecule has 0 saturated heterocycles. The molecule has 2 atom stereocenters. The zero-order valence-electron chi connectivity index (χ0n) is 21.0. The minimum Gasteiger partial charge on any atom is -0.493 e. The fraction of sp³-hybridized carbons (Fsp3) is 0.414. The molecule has 3 N–H and O–H groups in total. The molecule has 0 fully saturated rings. The highest BCUT2D eigenvalue weighted by Crippen LogP contribution is 2.32. The van der Waals surface area contributed by atoms with Crippen LogP contribution in [-0.2, 0) is 16.0 Å². The van der Waals surface area contributed by atoms with Crippen molar-refractivity contribution in [2.24, 2.45) is 5.92 Å². The average molecular weight is 497 g/mol. The van der Waals surface area contributed by atoms with Crippen LogP contribution in [0.4, 0.5) is 0 Å². The van der Waals surface area contributed by atoms with Crippen molar-refractivity contribution in [2.45, 2.75) is 45.6 Å². The minimum atomic E-state index is -0.813. The van der Waals surface area contributed by atoms with Crippen LogP contribution in [0.3, 0.4) is 0 Å². The van der Waals surface area contributed by atoms with Crippen LogP contribution >= 0.6 is 0 Å². The summed E-state index contributed by atoms with van der Waals surface area (Å²) in [6.45, 7) is 7.38. The molecule has 0 aliphatic heterocycles. The van der Waals surface area contributed by atoms with E-state index in [0.29, 0.717) is 24.2 Å². The van der Waals surface area contributed by atoms with E-state index in [1.54, 1.807) is 6.92 Å². The van der Waals surface area contributed by atoms with Crippen LogP contribution in [0.15, 0.2) is 59.0 Å². The van der Waals surface area contributed by atoms with Crippen molar-refractivity contribution < 1.29 is 34.0 Å². The molecule has 0 aliphatic carbocycles. The van der Waals surface area contributed by atoms with Gasteiger partial charge in [0.1, 0.15) is 23.7 Å². The summed E-state index contributed by atoms with van der Waals surface area (Å²) >= 11 is 0. The summed E-state index contributed by atoms with van der Waals surface area (Å²) in [6.07, 6.45) is 1.66. The molecule has 7 heteroatoms. The Morgan fingerprint density at radius 3 is 2.58 bits per heavy atom. The summed E-state index contributed by atoms with van der Waals surface area (Å²) in [5.74, 6) is 0.709. The highest BCUT2D eigenvalue weighted by molar-refractivity contribution is 5.87. The number of ether oxygens (including phenoxy) is 2. The van der Waals surface area contributed by atoms with Gasteiger partial charge in [-0.25, -0.2) is 4.79 Å². The average Bonchev–Trinajstić information content (AvgIpc) is 3.29. The number of esters is 1. The van der Waals surface area contributed by atoms with E-state index in [9.17, 15) is 15.0 Å². The van der Waals surface area contributed by atoms with Gasteiger partial charge in [0.2, 0.25) is 0 Å². The maximum absolute atomic E-state index is 11.4. The summed E-state index contributed by atoms with van der Waals surface area (Å²) in [4.78, 5) is 11.4. The molecule has 0 saturated carbocycles. The largest absolute Gasteiger partial charge is 0.493 e. The number of carbonyl (C=O) groups excluding carboxylic acids is 1. The number of furan rings is 1. The second kappa shape index (κ2) is 13.3. The van der Waals surface area contributed by atoms with Crippen molar-refractivity contribution in [3.05, 3.63) is 65.7 Å². The van der Waals surface area contributed by atoms with Gasteiger partial charge in [-0.3, -0.25) is 0 Å². The molecule has 1 heterocycles. The predicted molar refractivity (Wildman–Crippen MR) is 139 cm³/mol. The number of hydrogen-bond acceptors (Lipinski definition) is 7. The van der Waals surface area contributed by atoms with Crippen molar-refractivity contribution in [2.75, 3.05) is 26.4 Å². The van der Waals surface area contributed by atoms with Crippen molar-refractivity contribution in [1.29, 1.82) is 0 Å². The Hall–Kier alpha value is -3.13. The van der Waals surface area contributed by atoms with Crippen LogP contribution in [0, 0.1) is 12.8 Å². The molecule has 3 rings (SSSR count). The van der Waals surface area contributed by atoms with E-state index in [-0.39, 0.29) is 37.9 Å². The Morgan fingerprint density at radius 1 is 1.08 bits per heavy atom. The van der Waals surface area contributed by atoms with Crippen molar-refractivity contribution >= 4 is 16.9 Å². The number of aryl methyl sites for hydroxylation is 2. The third kappa shape index (κ3) is 7.68. The monoisotopic (exact) mass is 496 g/mol. The first-order chi connectivity index (χ1) is 17.3. The summed E-state index contributed by atoms with van der Waals surface area (Å²) in [6, 6.07) is 13.9. The van der Waals surface area contributed by atoms with E-state index in [0.717, 1.165) is 35.1 Å². The van der Waals surface area contributed by atoms with E-state index in [1.165, 1.54) is 5.56 Å². The normalized spacial score (nSPS) is 12.9. The number of aliphatic hydroxyl groups excluding tert-OH is 3. The molecule has 2 aromatic carbocycles. The maximum atomic E-state index is 11.4. The van der Waals surface area contributed by atoms with E-state index in [1.807, 2.05) is 24.3 Å². The molecule has 0 spiro atoms. The van der Waals surface area contributed by atoms with Crippen LogP contribution in [0.2, 0.25) is 0 Å². The molecule has 0 aliphatic rings. The molecule has 194 valence electrons. The van der Waals surface area contributed by atoms with Gasteiger partial charge in [-0.15, -0.1) is 0 Å². The summed E-state index contributed by atoms with van der Waals surface area (Å²) in [5, 5.41) is 29.8. The van der Waals surface area contributed by atoms with Gasteiger partial charge in [0.15, 0.2) is 0 Å². The highest BCUT2D eigenvalue weighted by Gasteiger charge is 2.15. The molecule has 0 radical (unpaired) electrons. The van der Waals surface area contributed by atoms with Gasteiger partial charge in [0, 0.05) is 41.7 Å². The second-order valence-corrected chi connectivity index (χ2v) is 9.26. The van der Waals surface area contributed by atoms with Crippen LogP contribution in [-0.4, -0.2) is 53.8 Å². The van der Waals surface area contributed by atoms with E-state index in [2.05, 4.69) is 31.7 Å². The van der Waals surface area contributed by atoms with Crippen LogP contribution < -0.4 is 4.74 Å². The Morgan fingerprint density at radius 2 is 1.89 bits per heavy atom. The molecule has 0 bridgehead atoms. The number of benzene rings is 2. The lowest BCUT2D eigenvalue weighted by atomic mass is 10.0.